The Morgan fingerprint density at radius 1 is 0.957 bits per heavy atom. The zero-order valence-corrected chi connectivity index (χ0v) is 13.9. The van der Waals surface area contributed by atoms with Crippen LogP contribution < -0.4 is 0 Å². The van der Waals surface area contributed by atoms with Gasteiger partial charge in [-0.05, 0) is 41.3 Å². The number of hydrogen-bond acceptors (Lipinski definition) is 3. The van der Waals surface area contributed by atoms with Gasteiger partial charge in [0.15, 0.2) is 0 Å². The van der Waals surface area contributed by atoms with Crippen molar-refractivity contribution in [1.82, 2.24) is 0 Å². The van der Waals surface area contributed by atoms with Gasteiger partial charge in [-0.1, -0.05) is 30.3 Å². The van der Waals surface area contributed by atoms with E-state index in [0.717, 1.165) is 23.4 Å². The van der Waals surface area contributed by atoms with Crippen molar-refractivity contribution in [2.24, 2.45) is 4.99 Å². The van der Waals surface area contributed by atoms with Crippen molar-refractivity contribution in [2.45, 2.75) is 16.6 Å². The van der Waals surface area contributed by atoms with E-state index in [9.17, 15) is 4.39 Å². The first-order valence-corrected chi connectivity index (χ1v) is 9.18. The number of thioether (sulfide) groups is 1. The molecule has 3 aromatic rings. The van der Waals surface area contributed by atoms with Crippen molar-refractivity contribution in [2.75, 3.05) is 0 Å². The number of rotatable bonds is 2. The first-order chi connectivity index (χ1) is 11.3. The van der Waals surface area contributed by atoms with Gasteiger partial charge in [-0.3, -0.25) is 4.99 Å². The zero-order valence-electron chi connectivity index (χ0n) is 12.3. The second kappa shape index (κ2) is 6.30. The van der Waals surface area contributed by atoms with Crippen molar-refractivity contribution in [1.29, 1.82) is 0 Å². The summed E-state index contributed by atoms with van der Waals surface area (Å²) in [6, 6.07) is 19.2. The van der Waals surface area contributed by atoms with E-state index in [1.54, 1.807) is 23.1 Å². The average molecular weight is 339 g/mol. The van der Waals surface area contributed by atoms with Crippen LogP contribution in [0.5, 0.6) is 0 Å². The number of hydrogen-bond donors (Lipinski definition) is 0. The third kappa shape index (κ3) is 3.09. The molecule has 114 valence electrons. The minimum Gasteiger partial charge on any atom is -0.251 e. The third-order valence-corrected chi connectivity index (χ3v) is 6.06. The molecule has 1 aromatic heterocycles. The van der Waals surface area contributed by atoms with Crippen LogP contribution in [0.25, 0.3) is 0 Å². The lowest BCUT2D eigenvalue weighted by Crippen LogP contribution is -2.03. The Morgan fingerprint density at radius 2 is 1.78 bits per heavy atom. The van der Waals surface area contributed by atoms with Gasteiger partial charge in [0.2, 0.25) is 0 Å². The Bertz CT molecular complexity index is 838. The molecule has 1 nitrogen and oxygen atoms in total. The lowest BCUT2D eigenvalue weighted by atomic mass is 10.1. The maximum absolute atomic E-state index is 13.2. The number of fused-ring (bicyclic) bond motifs is 1. The van der Waals surface area contributed by atoms with Crippen LogP contribution in [0.1, 0.15) is 22.1 Å². The topological polar surface area (TPSA) is 12.4 Å². The highest BCUT2D eigenvalue weighted by Crippen LogP contribution is 2.45. The van der Waals surface area contributed by atoms with Crippen molar-refractivity contribution < 1.29 is 4.39 Å². The van der Waals surface area contributed by atoms with Crippen LogP contribution in [-0.2, 0) is 0 Å². The minimum atomic E-state index is -0.195. The van der Waals surface area contributed by atoms with Crippen LogP contribution in [0.15, 0.2) is 75.9 Å². The standard InChI is InChI=1S/C19H14FNS2/c20-14-9-7-13(8-10-14)19-12-16(17-6-3-11-22-17)21-15-4-1-2-5-18(15)23-19/h1-11,19H,12H2/t19-/m1/s1. The number of benzene rings is 2. The van der Waals surface area contributed by atoms with Gasteiger partial charge >= 0.3 is 0 Å². The molecule has 0 fully saturated rings. The molecule has 2 aromatic carbocycles. The molecular weight excluding hydrogens is 325 g/mol. The first kappa shape index (κ1) is 14.7. The van der Waals surface area contributed by atoms with Crippen molar-refractivity contribution in [3.8, 4) is 0 Å². The molecular formula is C19H14FNS2. The SMILES string of the molecule is Fc1ccc([C@H]2CC(c3cccs3)=Nc3ccccc3S2)cc1. The summed E-state index contributed by atoms with van der Waals surface area (Å²) in [5.74, 6) is -0.195. The van der Waals surface area contributed by atoms with E-state index >= 15 is 0 Å². The number of nitrogens with zero attached hydrogens (tertiary/aromatic N) is 1. The number of aliphatic imine (C=N–C) groups is 1. The van der Waals surface area contributed by atoms with Gasteiger partial charge in [-0.25, -0.2) is 4.39 Å². The van der Waals surface area contributed by atoms with Crippen molar-refractivity contribution >= 4 is 34.5 Å². The molecule has 0 N–H and O–H groups in total. The van der Waals surface area contributed by atoms with E-state index in [0.29, 0.717) is 0 Å². The molecule has 23 heavy (non-hydrogen) atoms. The number of para-hydroxylation sites is 1. The van der Waals surface area contributed by atoms with Crippen molar-refractivity contribution in [3.63, 3.8) is 0 Å². The van der Waals surface area contributed by atoms with Gasteiger partial charge < -0.3 is 0 Å². The van der Waals surface area contributed by atoms with Gasteiger partial charge in [0.25, 0.3) is 0 Å². The van der Waals surface area contributed by atoms with Gasteiger partial charge in [0.1, 0.15) is 5.82 Å². The quantitative estimate of drug-likeness (QED) is 0.538. The molecule has 0 unspecified atom stereocenters. The second-order valence-corrected chi connectivity index (χ2v) is 7.56. The fourth-order valence-corrected chi connectivity index (χ4v) is 4.63. The van der Waals surface area contributed by atoms with E-state index in [-0.39, 0.29) is 11.1 Å². The lowest BCUT2D eigenvalue weighted by Gasteiger charge is -2.15. The summed E-state index contributed by atoms with van der Waals surface area (Å²) in [4.78, 5) is 7.28. The Morgan fingerprint density at radius 3 is 2.57 bits per heavy atom. The highest BCUT2D eigenvalue weighted by atomic mass is 32.2. The van der Waals surface area contributed by atoms with E-state index in [2.05, 4.69) is 29.6 Å². The molecule has 1 aliphatic rings. The fraction of sp³-hybridized carbons (Fsp3) is 0.105. The zero-order chi connectivity index (χ0) is 15.6. The molecule has 0 amide bonds. The Balaban J connectivity index is 1.78. The van der Waals surface area contributed by atoms with Crippen LogP contribution in [0, 0.1) is 5.82 Å². The molecule has 1 atom stereocenters. The van der Waals surface area contributed by atoms with Crippen molar-refractivity contribution in [3.05, 3.63) is 82.3 Å². The molecule has 1 aliphatic heterocycles. The summed E-state index contributed by atoms with van der Waals surface area (Å²) in [7, 11) is 0. The second-order valence-electron chi connectivity index (χ2n) is 5.37. The maximum Gasteiger partial charge on any atom is 0.123 e. The summed E-state index contributed by atoms with van der Waals surface area (Å²) in [5, 5.41) is 2.31. The summed E-state index contributed by atoms with van der Waals surface area (Å²) in [5.41, 5.74) is 3.26. The van der Waals surface area contributed by atoms with E-state index in [1.165, 1.54) is 21.9 Å². The van der Waals surface area contributed by atoms with Crippen LogP contribution >= 0.6 is 23.1 Å². The predicted molar refractivity (Wildman–Crippen MR) is 96.6 cm³/mol. The predicted octanol–water partition coefficient (Wildman–Crippen LogP) is 6.25. The van der Waals surface area contributed by atoms with E-state index < -0.39 is 0 Å². The average Bonchev–Trinajstić information content (AvgIpc) is 3.03. The first-order valence-electron chi connectivity index (χ1n) is 7.42. The summed E-state index contributed by atoms with van der Waals surface area (Å²) >= 11 is 3.52. The monoisotopic (exact) mass is 339 g/mol. The molecule has 4 rings (SSSR count). The minimum absolute atomic E-state index is 0.195. The van der Waals surface area contributed by atoms with E-state index in [1.807, 2.05) is 24.3 Å². The highest BCUT2D eigenvalue weighted by Gasteiger charge is 2.22. The van der Waals surface area contributed by atoms with Crippen LogP contribution in [0.4, 0.5) is 10.1 Å². The van der Waals surface area contributed by atoms with Gasteiger partial charge in [-0.2, -0.15) is 0 Å². The summed E-state index contributed by atoms with van der Waals surface area (Å²) in [6.45, 7) is 0. The molecule has 0 spiro atoms. The van der Waals surface area contributed by atoms with Gasteiger partial charge in [0.05, 0.1) is 11.4 Å². The lowest BCUT2D eigenvalue weighted by molar-refractivity contribution is 0.627. The molecule has 4 heteroatoms. The third-order valence-electron chi connectivity index (χ3n) is 3.82. The fourth-order valence-electron chi connectivity index (χ4n) is 2.67. The molecule has 2 heterocycles. The molecule has 0 radical (unpaired) electrons. The smallest absolute Gasteiger partial charge is 0.123 e. The molecule has 0 saturated carbocycles. The molecule has 0 aliphatic carbocycles. The van der Waals surface area contributed by atoms with Crippen LogP contribution in [0.3, 0.4) is 0 Å². The van der Waals surface area contributed by atoms with Gasteiger partial charge in [0, 0.05) is 21.4 Å². The summed E-state index contributed by atoms with van der Waals surface area (Å²) in [6.07, 6.45) is 0.839. The Kier molecular flexibility index (Phi) is 4.02. The maximum atomic E-state index is 13.2. The number of thiophene rings is 1. The number of halogens is 1. The Labute approximate surface area is 142 Å². The normalized spacial score (nSPS) is 17.3. The molecule has 0 bridgehead atoms. The van der Waals surface area contributed by atoms with Crippen LogP contribution in [-0.4, -0.2) is 5.71 Å². The van der Waals surface area contributed by atoms with Gasteiger partial charge in [-0.15, -0.1) is 23.1 Å². The highest BCUT2D eigenvalue weighted by molar-refractivity contribution is 7.99. The van der Waals surface area contributed by atoms with Crippen LogP contribution in [0.2, 0.25) is 0 Å². The Hall–Kier alpha value is -1.91. The summed E-state index contributed by atoms with van der Waals surface area (Å²) < 4.78 is 13.2. The molecule has 0 saturated heterocycles. The largest absolute Gasteiger partial charge is 0.251 e. The van der Waals surface area contributed by atoms with E-state index in [4.69, 9.17) is 4.99 Å².